The summed E-state index contributed by atoms with van der Waals surface area (Å²) >= 11 is 0.729. The van der Waals surface area contributed by atoms with Crippen molar-refractivity contribution in [1.29, 1.82) is 0 Å². The second kappa shape index (κ2) is 6.65. The zero-order valence-electron chi connectivity index (χ0n) is 12.1. The molecule has 0 radical (unpaired) electrons. The van der Waals surface area contributed by atoms with Crippen LogP contribution in [-0.2, 0) is 14.3 Å². The van der Waals surface area contributed by atoms with E-state index in [0.29, 0.717) is 5.56 Å². The van der Waals surface area contributed by atoms with E-state index in [9.17, 15) is 19.5 Å². The van der Waals surface area contributed by atoms with Crippen molar-refractivity contribution in [2.24, 2.45) is 0 Å². The van der Waals surface area contributed by atoms with E-state index >= 15 is 0 Å². The highest BCUT2D eigenvalue weighted by atomic mass is 32.2. The fourth-order valence-corrected chi connectivity index (χ4v) is 2.83. The molecule has 22 heavy (non-hydrogen) atoms. The molecule has 1 unspecified atom stereocenters. The highest BCUT2D eigenvalue weighted by Gasteiger charge is 2.41. The molecule has 1 aromatic carbocycles. The van der Waals surface area contributed by atoms with Crippen LogP contribution in [0.5, 0.6) is 5.75 Å². The number of hydrogen-bond donors (Lipinski definition) is 1. The molecular weight excluding hydrogens is 306 g/mol. The monoisotopic (exact) mass is 321 g/mol. The zero-order chi connectivity index (χ0) is 16.3. The molecule has 1 atom stereocenters. The van der Waals surface area contributed by atoms with Gasteiger partial charge in [0.15, 0.2) is 0 Å². The lowest BCUT2D eigenvalue weighted by Gasteiger charge is -2.19. The van der Waals surface area contributed by atoms with Gasteiger partial charge in [0.25, 0.3) is 11.1 Å². The van der Waals surface area contributed by atoms with Crippen molar-refractivity contribution < 1.29 is 24.2 Å². The number of imide groups is 1. The number of nitrogens with zero attached hydrogens (tertiary/aromatic N) is 1. The molecule has 116 valence electrons. The predicted octanol–water partition coefficient (Wildman–Crippen LogP) is 2.38. The second-order valence-corrected chi connectivity index (χ2v) is 5.53. The first-order chi connectivity index (χ1) is 10.5. The summed E-state index contributed by atoms with van der Waals surface area (Å²) in [5.74, 6) is -1.19. The van der Waals surface area contributed by atoms with Crippen LogP contribution in [0.1, 0.15) is 19.4 Å². The minimum atomic E-state index is -0.984. The molecule has 1 N–H and O–H groups in total. The summed E-state index contributed by atoms with van der Waals surface area (Å²) in [5, 5.41) is 9.18. The van der Waals surface area contributed by atoms with Gasteiger partial charge in [0.2, 0.25) is 0 Å². The second-order valence-electron chi connectivity index (χ2n) is 4.54. The van der Waals surface area contributed by atoms with E-state index in [1.54, 1.807) is 25.1 Å². The summed E-state index contributed by atoms with van der Waals surface area (Å²) in [6.45, 7) is 3.26. The van der Waals surface area contributed by atoms with Crippen LogP contribution in [0, 0.1) is 0 Å². The fraction of sp³-hybridized carbons (Fsp3) is 0.267. The lowest BCUT2D eigenvalue weighted by Crippen LogP contribution is -2.42. The van der Waals surface area contributed by atoms with Crippen LogP contribution in [-0.4, -0.2) is 39.8 Å². The first-order valence-electron chi connectivity index (χ1n) is 6.67. The van der Waals surface area contributed by atoms with Crippen molar-refractivity contribution in [2.45, 2.75) is 19.9 Å². The van der Waals surface area contributed by atoms with Crippen LogP contribution < -0.4 is 0 Å². The van der Waals surface area contributed by atoms with Crippen LogP contribution in [0.3, 0.4) is 0 Å². The molecule has 0 aliphatic carbocycles. The van der Waals surface area contributed by atoms with Crippen molar-refractivity contribution in [3.05, 3.63) is 34.7 Å². The molecule has 0 spiro atoms. The summed E-state index contributed by atoms with van der Waals surface area (Å²) in [6.07, 6.45) is 1.43. The largest absolute Gasteiger partial charge is 0.507 e. The molecule has 1 aromatic rings. The van der Waals surface area contributed by atoms with Gasteiger partial charge in [-0.2, -0.15) is 0 Å². The molecule has 1 saturated heterocycles. The Morgan fingerprint density at radius 2 is 2.09 bits per heavy atom. The topological polar surface area (TPSA) is 83.9 Å². The van der Waals surface area contributed by atoms with Crippen molar-refractivity contribution in [3.8, 4) is 5.75 Å². The summed E-state index contributed by atoms with van der Waals surface area (Å²) in [5.41, 5.74) is 0.428. The molecule has 1 aliphatic heterocycles. The highest BCUT2D eigenvalue weighted by Crippen LogP contribution is 2.35. The molecule has 1 aliphatic rings. The Bertz CT molecular complexity index is 655. The molecule has 1 fully saturated rings. The minimum Gasteiger partial charge on any atom is -0.507 e. The van der Waals surface area contributed by atoms with E-state index in [4.69, 9.17) is 4.74 Å². The molecule has 1 heterocycles. The third-order valence-corrected chi connectivity index (χ3v) is 3.95. The average Bonchev–Trinajstić information content (AvgIpc) is 2.75. The quantitative estimate of drug-likeness (QED) is 0.677. The van der Waals surface area contributed by atoms with Gasteiger partial charge in [-0.15, -0.1) is 0 Å². The van der Waals surface area contributed by atoms with Gasteiger partial charge in [-0.1, -0.05) is 18.2 Å². The first-order valence-corrected chi connectivity index (χ1v) is 7.49. The number of ether oxygens (including phenoxy) is 1. The Hall–Kier alpha value is -2.28. The summed E-state index contributed by atoms with van der Waals surface area (Å²) in [4.78, 5) is 37.0. The number of benzene rings is 1. The molecule has 2 rings (SSSR count). The van der Waals surface area contributed by atoms with Crippen LogP contribution >= 0.6 is 11.8 Å². The molecule has 2 amide bonds. The van der Waals surface area contributed by atoms with E-state index in [0.717, 1.165) is 16.7 Å². The molecular formula is C15H15NO5S. The Balaban J connectivity index is 2.26. The lowest BCUT2D eigenvalue weighted by molar-refractivity contribution is -0.150. The Morgan fingerprint density at radius 1 is 1.41 bits per heavy atom. The van der Waals surface area contributed by atoms with E-state index in [1.165, 1.54) is 19.1 Å². The molecule has 0 bridgehead atoms. The summed E-state index contributed by atoms with van der Waals surface area (Å²) in [6, 6.07) is 5.48. The number of esters is 1. The van der Waals surface area contributed by atoms with Crippen LogP contribution in [0.25, 0.3) is 6.08 Å². The normalized spacial score (nSPS) is 17.9. The van der Waals surface area contributed by atoms with Gasteiger partial charge < -0.3 is 9.84 Å². The highest BCUT2D eigenvalue weighted by molar-refractivity contribution is 8.18. The lowest BCUT2D eigenvalue weighted by atomic mass is 10.2. The van der Waals surface area contributed by atoms with Gasteiger partial charge in [-0.3, -0.25) is 14.5 Å². The van der Waals surface area contributed by atoms with Gasteiger partial charge in [-0.05, 0) is 37.8 Å². The number of phenolic OH excluding ortho intramolecular Hbond substituents is 1. The predicted molar refractivity (Wildman–Crippen MR) is 82.0 cm³/mol. The molecule has 0 aromatic heterocycles. The van der Waals surface area contributed by atoms with Crippen molar-refractivity contribution in [3.63, 3.8) is 0 Å². The van der Waals surface area contributed by atoms with Crippen molar-refractivity contribution in [1.82, 2.24) is 4.90 Å². The number of phenols is 1. The van der Waals surface area contributed by atoms with Crippen LogP contribution in [0.4, 0.5) is 4.79 Å². The van der Waals surface area contributed by atoms with Gasteiger partial charge in [0.1, 0.15) is 11.8 Å². The maximum Gasteiger partial charge on any atom is 0.329 e. The maximum atomic E-state index is 12.3. The number of amides is 2. The number of carbonyl (C=O) groups is 3. The number of rotatable bonds is 4. The third-order valence-electron chi connectivity index (χ3n) is 3.06. The maximum absolute atomic E-state index is 12.3. The van der Waals surface area contributed by atoms with E-state index in [-0.39, 0.29) is 17.3 Å². The smallest absolute Gasteiger partial charge is 0.329 e. The van der Waals surface area contributed by atoms with E-state index in [1.807, 2.05) is 0 Å². The number of carbonyl (C=O) groups excluding carboxylic acids is 3. The van der Waals surface area contributed by atoms with Gasteiger partial charge in [0.05, 0.1) is 11.5 Å². The van der Waals surface area contributed by atoms with Crippen molar-refractivity contribution in [2.75, 3.05) is 6.61 Å². The zero-order valence-corrected chi connectivity index (χ0v) is 12.9. The van der Waals surface area contributed by atoms with E-state index < -0.39 is 23.2 Å². The van der Waals surface area contributed by atoms with Gasteiger partial charge in [-0.25, -0.2) is 4.79 Å². The Kier molecular flexibility index (Phi) is 4.87. The Labute approximate surface area is 131 Å². The SMILES string of the molecule is CCOC(=O)C(C)N1C(=O)SC(=Cc2ccccc2O)C1=O. The first kappa shape index (κ1) is 16.1. The minimum absolute atomic E-state index is 0.00717. The third kappa shape index (κ3) is 3.14. The molecule has 0 saturated carbocycles. The van der Waals surface area contributed by atoms with Gasteiger partial charge >= 0.3 is 5.97 Å². The fourth-order valence-electron chi connectivity index (χ4n) is 1.93. The van der Waals surface area contributed by atoms with E-state index in [2.05, 4.69) is 0 Å². The molecule has 7 heteroatoms. The van der Waals surface area contributed by atoms with Gasteiger partial charge in [0, 0.05) is 5.56 Å². The number of hydrogen-bond acceptors (Lipinski definition) is 6. The Morgan fingerprint density at radius 3 is 2.73 bits per heavy atom. The summed E-state index contributed by atoms with van der Waals surface area (Å²) in [7, 11) is 0. The van der Waals surface area contributed by atoms with Crippen LogP contribution in [0.2, 0.25) is 0 Å². The number of thioether (sulfide) groups is 1. The van der Waals surface area contributed by atoms with Crippen LogP contribution in [0.15, 0.2) is 29.2 Å². The number of para-hydroxylation sites is 1. The summed E-state index contributed by atoms with van der Waals surface area (Å²) < 4.78 is 4.83. The number of aromatic hydroxyl groups is 1. The molecule has 6 nitrogen and oxygen atoms in total. The standard InChI is InChI=1S/C15H15NO5S/c1-3-21-14(19)9(2)16-13(18)12(22-15(16)20)8-10-6-4-5-7-11(10)17/h4-9,17H,3H2,1-2H3. The van der Waals surface area contributed by atoms with Crippen molar-refractivity contribution >= 4 is 35.0 Å². The average molecular weight is 321 g/mol.